The van der Waals surface area contributed by atoms with Gasteiger partial charge in [-0.1, -0.05) is 25.1 Å². The molecule has 2 aliphatic heterocycles. The number of likely N-dealkylation sites (tertiary alicyclic amines) is 1. The van der Waals surface area contributed by atoms with E-state index in [1.54, 1.807) is 4.90 Å². The van der Waals surface area contributed by atoms with E-state index in [4.69, 9.17) is 9.47 Å². The lowest BCUT2D eigenvalue weighted by molar-refractivity contribution is -0.132. The standard InChI is InChI=1S/C24H29N3O4/c1-16-5-4-6-19(17(16)2)26-23(29)27-11-9-24(3,10-12-27)22(28)25-14-18-7-8-20-21(13-18)31-15-30-20/h4-8,13H,9-12,14-15H2,1-3H3,(H,25,28)(H,26,29). The molecule has 7 heteroatoms. The van der Waals surface area contributed by atoms with Crippen molar-refractivity contribution in [2.24, 2.45) is 5.41 Å². The number of carbonyl (C=O) groups is 2. The van der Waals surface area contributed by atoms with E-state index < -0.39 is 5.41 Å². The van der Waals surface area contributed by atoms with Crippen LogP contribution in [0.2, 0.25) is 0 Å². The van der Waals surface area contributed by atoms with Gasteiger partial charge in [0.2, 0.25) is 12.7 Å². The van der Waals surface area contributed by atoms with Crippen LogP contribution in [0.4, 0.5) is 10.5 Å². The Morgan fingerprint density at radius 2 is 1.81 bits per heavy atom. The van der Waals surface area contributed by atoms with Gasteiger partial charge in [0.15, 0.2) is 11.5 Å². The van der Waals surface area contributed by atoms with Crippen LogP contribution in [0.5, 0.6) is 11.5 Å². The number of hydrogen-bond acceptors (Lipinski definition) is 4. The molecule has 0 atom stereocenters. The molecule has 2 aliphatic rings. The second-order valence-corrected chi connectivity index (χ2v) is 8.60. The topological polar surface area (TPSA) is 79.9 Å². The normalized spacial score (nSPS) is 16.7. The Labute approximate surface area is 182 Å². The van der Waals surface area contributed by atoms with Crippen LogP contribution in [0.25, 0.3) is 0 Å². The van der Waals surface area contributed by atoms with Gasteiger partial charge in [-0.2, -0.15) is 0 Å². The summed E-state index contributed by atoms with van der Waals surface area (Å²) in [6.45, 7) is 7.76. The summed E-state index contributed by atoms with van der Waals surface area (Å²) in [6.07, 6.45) is 1.25. The molecular weight excluding hydrogens is 394 g/mol. The predicted octanol–water partition coefficient (Wildman–Crippen LogP) is 3.98. The van der Waals surface area contributed by atoms with Gasteiger partial charge in [-0.25, -0.2) is 4.79 Å². The molecule has 1 fully saturated rings. The number of aryl methyl sites for hydroxylation is 1. The fourth-order valence-electron chi connectivity index (χ4n) is 3.96. The van der Waals surface area contributed by atoms with Gasteiger partial charge < -0.3 is 25.0 Å². The first-order valence-electron chi connectivity index (χ1n) is 10.6. The van der Waals surface area contributed by atoms with Crippen LogP contribution in [-0.4, -0.2) is 36.7 Å². The minimum atomic E-state index is -0.494. The fourth-order valence-corrected chi connectivity index (χ4v) is 3.96. The Hall–Kier alpha value is -3.22. The monoisotopic (exact) mass is 423 g/mol. The van der Waals surface area contributed by atoms with Crippen molar-refractivity contribution in [3.05, 3.63) is 53.1 Å². The predicted molar refractivity (Wildman–Crippen MR) is 118 cm³/mol. The molecule has 0 saturated carbocycles. The third-order valence-corrected chi connectivity index (χ3v) is 6.44. The summed E-state index contributed by atoms with van der Waals surface area (Å²) in [4.78, 5) is 27.4. The van der Waals surface area contributed by atoms with Gasteiger partial charge in [0.1, 0.15) is 0 Å². The molecule has 0 bridgehead atoms. The molecule has 0 spiro atoms. The minimum absolute atomic E-state index is 0.0137. The summed E-state index contributed by atoms with van der Waals surface area (Å²) < 4.78 is 10.7. The maximum absolute atomic E-state index is 12.9. The molecule has 0 unspecified atom stereocenters. The first-order valence-corrected chi connectivity index (χ1v) is 10.6. The van der Waals surface area contributed by atoms with Crippen molar-refractivity contribution < 1.29 is 19.1 Å². The molecule has 3 amide bonds. The second-order valence-electron chi connectivity index (χ2n) is 8.60. The van der Waals surface area contributed by atoms with Gasteiger partial charge in [-0.3, -0.25) is 4.79 Å². The number of anilines is 1. The third-order valence-electron chi connectivity index (χ3n) is 6.44. The SMILES string of the molecule is Cc1cccc(NC(=O)N2CCC(C)(C(=O)NCc3ccc4c(c3)OCO4)CC2)c1C. The van der Waals surface area contributed by atoms with Crippen molar-refractivity contribution in [1.29, 1.82) is 0 Å². The molecule has 2 aromatic rings. The summed E-state index contributed by atoms with van der Waals surface area (Å²) in [5, 5.41) is 6.05. The van der Waals surface area contributed by atoms with Crippen LogP contribution in [-0.2, 0) is 11.3 Å². The van der Waals surface area contributed by atoms with Crippen LogP contribution >= 0.6 is 0 Å². The van der Waals surface area contributed by atoms with Crippen LogP contribution in [0.1, 0.15) is 36.5 Å². The van der Waals surface area contributed by atoms with Crippen LogP contribution in [0, 0.1) is 19.3 Å². The van der Waals surface area contributed by atoms with E-state index in [-0.39, 0.29) is 18.7 Å². The van der Waals surface area contributed by atoms with Gasteiger partial charge in [0, 0.05) is 30.7 Å². The number of benzene rings is 2. The average molecular weight is 424 g/mol. The van der Waals surface area contributed by atoms with Gasteiger partial charge in [0.05, 0.1) is 0 Å². The summed E-state index contributed by atoms with van der Waals surface area (Å²) in [5.74, 6) is 1.45. The average Bonchev–Trinajstić information content (AvgIpc) is 3.23. The Kier molecular flexibility index (Phi) is 5.76. The molecule has 0 aliphatic carbocycles. The second kappa shape index (κ2) is 8.49. The lowest BCUT2D eigenvalue weighted by Crippen LogP contribution is -2.49. The van der Waals surface area contributed by atoms with E-state index in [2.05, 4.69) is 10.6 Å². The Morgan fingerprint density at radius 1 is 1.06 bits per heavy atom. The molecule has 2 aromatic carbocycles. The largest absolute Gasteiger partial charge is 0.454 e. The lowest BCUT2D eigenvalue weighted by Gasteiger charge is -2.38. The van der Waals surface area contributed by atoms with Crippen molar-refractivity contribution in [2.75, 3.05) is 25.2 Å². The molecule has 0 radical (unpaired) electrons. The number of carbonyl (C=O) groups excluding carboxylic acids is 2. The molecule has 7 nitrogen and oxygen atoms in total. The van der Waals surface area contributed by atoms with E-state index in [1.165, 1.54) is 0 Å². The number of hydrogen-bond donors (Lipinski definition) is 2. The van der Waals surface area contributed by atoms with Crippen molar-refractivity contribution in [1.82, 2.24) is 10.2 Å². The molecule has 0 aromatic heterocycles. The highest BCUT2D eigenvalue weighted by atomic mass is 16.7. The molecule has 31 heavy (non-hydrogen) atoms. The first kappa shape index (κ1) is 21.0. The van der Waals surface area contributed by atoms with E-state index in [0.29, 0.717) is 38.2 Å². The molecule has 164 valence electrons. The summed E-state index contributed by atoms with van der Waals surface area (Å²) in [6, 6.07) is 11.4. The van der Waals surface area contributed by atoms with Crippen LogP contribution < -0.4 is 20.1 Å². The third kappa shape index (κ3) is 4.45. The minimum Gasteiger partial charge on any atom is -0.454 e. The number of urea groups is 1. The van der Waals surface area contributed by atoms with Crippen LogP contribution in [0.15, 0.2) is 36.4 Å². The molecular formula is C24H29N3O4. The summed E-state index contributed by atoms with van der Waals surface area (Å²) in [7, 11) is 0. The Balaban J connectivity index is 1.30. The van der Waals surface area contributed by atoms with E-state index in [9.17, 15) is 9.59 Å². The Morgan fingerprint density at radius 3 is 2.58 bits per heavy atom. The number of rotatable bonds is 4. The Bertz CT molecular complexity index is 996. The van der Waals surface area contributed by atoms with Gasteiger partial charge >= 0.3 is 6.03 Å². The molecule has 2 N–H and O–H groups in total. The first-order chi connectivity index (χ1) is 14.9. The molecule has 4 rings (SSSR count). The van der Waals surface area contributed by atoms with Crippen molar-refractivity contribution in [2.45, 2.75) is 40.2 Å². The molecule has 2 heterocycles. The zero-order valence-corrected chi connectivity index (χ0v) is 18.3. The number of piperidine rings is 1. The van der Waals surface area contributed by atoms with Crippen molar-refractivity contribution in [3.63, 3.8) is 0 Å². The quantitative estimate of drug-likeness (QED) is 0.780. The van der Waals surface area contributed by atoms with Crippen LogP contribution in [0.3, 0.4) is 0 Å². The number of nitrogens with zero attached hydrogens (tertiary/aromatic N) is 1. The molecule has 1 saturated heterocycles. The maximum atomic E-state index is 12.9. The van der Waals surface area contributed by atoms with Gasteiger partial charge in [0.25, 0.3) is 0 Å². The zero-order chi connectivity index (χ0) is 22.0. The van der Waals surface area contributed by atoms with E-state index in [0.717, 1.165) is 28.1 Å². The number of ether oxygens (including phenoxy) is 2. The van der Waals surface area contributed by atoms with E-state index in [1.807, 2.05) is 57.2 Å². The smallest absolute Gasteiger partial charge is 0.321 e. The summed E-state index contributed by atoms with van der Waals surface area (Å²) >= 11 is 0. The maximum Gasteiger partial charge on any atom is 0.321 e. The van der Waals surface area contributed by atoms with Crippen molar-refractivity contribution in [3.8, 4) is 11.5 Å². The van der Waals surface area contributed by atoms with Gasteiger partial charge in [-0.05, 0) is 61.6 Å². The highest BCUT2D eigenvalue weighted by molar-refractivity contribution is 5.90. The van der Waals surface area contributed by atoms with Gasteiger partial charge in [-0.15, -0.1) is 0 Å². The van der Waals surface area contributed by atoms with Crippen molar-refractivity contribution >= 4 is 17.6 Å². The van der Waals surface area contributed by atoms with E-state index >= 15 is 0 Å². The highest BCUT2D eigenvalue weighted by Crippen LogP contribution is 2.34. The highest BCUT2D eigenvalue weighted by Gasteiger charge is 2.38. The lowest BCUT2D eigenvalue weighted by atomic mass is 9.79. The number of fused-ring (bicyclic) bond motifs is 1. The summed E-state index contributed by atoms with van der Waals surface area (Å²) in [5.41, 5.74) is 3.52. The zero-order valence-electron chi connectivity index (χ0n) is 18.3. The fraction of sp³-hybridized carbons (Fsp3) is 0.417. The number of nitrogens with one attached hydrogen (secondary N) is 2. The number of amides is 3.